The molecule has 2 aromatic carbocycles. The second-order valence-electron chi connectivity index (χ2n) is 6.49. The van der Waals surface area contributed by atoms with E-state index in [-0.39, 0.29) is 24.5 Å². The number of amides is 2. The molecular weight excluding hydrogens is 384 g/mol. The molecule has 7 heteroatoms. The van der Waals surface area contributed by atoms with E-state index < -0.39 is 0 Å². The summed E-state index contributed by atoms with van der Waals surface area (Å²) in [4.78, 5) is 29.7. The molecule has 0 aliphatic carbocycles. The Morgan fingerprint density at radius 1 is 1.19 bits per heavy atom. The third-order valence-electron chi connectivity index (χ3n) is 4.76. The van der Waals surface area contributed by atoms with E-state index in [1.807, 2.05) is 48.5 Å². The van der Waals surface area contributed by atoms with E-state index in [2.05, 4.69) is 0 Å². The Labute approximate surface area is 167 Å². The molecule has 2 aliphatic heterocycles. The maximum atomic E-state index is 12.9. The summed E-state index contributed by atoms with van der Waals surface area (Å²) >= 11 is 7.46. The summed E-state index contributed by atoms with van der Waals surface area (Å²) < 4.78 is 5.83. The molecule has 0 aromatic heterocycles. The molecular formula is C20H19ClN2O3S. The van der Waals surface area contributed by atoms with Crippen molar-refractivity contribution in [3.8, 4) is 0 Å². The van der Waals surface area contributed by atoms with Crippen LogP contribution in [0.4, 0.5) is 5.69 Å². The number of halogens is 1. The minimum atomic E-state index is -0.181. The highest BCUT2D eigenvalue weighted by Gasteiger charge is 2.30. The Kier molecular flexibility index (Phi) is 5.38. The standard InChI is InChI=1S/C20H19ClN2O3S/c21-15-7-5-14(6-8-15)17-11-22(9-10-26-17)19(24)12-23-16-3-1-2-4-18(16)27-13-20(23)25/h1-8,17H,9-13H2. The first-order valence-corrected chi connectivity index (χ1v) is 10.2. The molecule has 27 heavy (non-hydrogen) atoms. The molecule has 1 saturated heterocycles. The van der Waals surface area contributed by atoms with E-state index in [0.29, 0.717) is 30.5 Å². The van der Waals surface area contributed by atoms with Crippen molar-refractivity contribution >= 4 is 40.9 Å². The predicted molar refractivity (Wildman–Crippen MR) is 106 cm³/mol. The summed E-state index contributed by atoms with van der Waals surface area (Å²) in [6, 6.07) is 15.2. The summed E-state index contributed by atoms with van der Waals surface area (Å²) in [5.74, 6) is 0.266. The quantitative estimate of drug-likeness (QED) is 0.789. The highest BCUT2D eigenvalue weighted by atomic mass is 35.5. The van der Waals surface area contributed by atoms with Gasteiger partial charge in [0.15, 0.2) is 0 Å². The predicted octanol–water partition coefficient (Wildman–Crippen LogP) is 3.38. The summed E-state index contributed by atoms with van der Waals surface area (Å²) in [5.41, 5.74) is 1.81. The van der Waals surface area contributed by atoms with Gasteiger partial charge < -0.3 is 14.5 Å². The van der Waals surface area contributed by atoms with Crippen LogP contribution in [-0.2, 0) is 14.3 Å². The van der Waals surface area contributed by atoms with Gasteiger partial charge in [-0.2, -0.15) is 0 Å². The Bertz CT molecular complexity index is 859. The van der Waals surface area contributed by atoms with Crippen LogP contribution in [0.2, 0.25) is 5.02 Å². The minimum absolute atomic E-state index is 0.0328. The molecule has 0 N–H and O–H groups in total. The average Bonchev–Trinajstić information content (AvgIpc) is 2.71. The van der Waals surface area contributed by atoms with Crippen molar-refractivity contribution in [2.24, 2.45) is 0 Å². The van der Waals surface area contributed by atoms with Gasteiger partial charge in [0.1, 0.15) is 12.6 Å². The van der Waals surface area contributed by atoms with Gasteiger partial charge in [-0.15, -0.1) is 11.8 Å². The largest absolute Gasteiger partial charge is 0.370 e. The number of anilines is 1. The normalized spacial score (nSPS) is 19.7. The Morgan fingerprint density at radius 3 is 2.78 bits per heavy atom. The van der Waals surface area contributed by atoms with Crippen LogP contribution in [0.5, 0.6) is 0 Å². The summed E-state index contributed by atoms with van der Waals surface area (Å²) in [6.07, 6.45) is -0.181. The molecule has 5 nitrogen and oxygen atoms in total. The van der Waals surface area contributed by atoms with E-state index in [1.54, 1.807) is 9.80 Å². The van der Waals surface area contributed by atoms with E-state index in [9.17, 15) is 9.59 Å². The molecule has 4 rings (SSSR count). The van der Waals surface area contributed by atoms with Crippen LogP contribution in [0.1, 0.15) is 11.7 Å². The van der Waals surface area contributed by atoms with Crippen molar-refractivity contribution in [2.45, 2.75) is 11.0 Å². The van der Waals surface area contributed by atoms with Crippen LogP contribution in [0.25, 0.3) is 0 Å². The van der Waals surface area contributed by atoms with Gasteiger partial charge in [-0.1, -0.05) is 35.9 Å². The third kappa shape index (κ3) is 3.98. The molecule has 2 aromatic rings. The zero-order chi connectivity index (χ0) is 18.8. The molecule has 1 atom stereocenters. The molecule has 0 saturated carbocycles. The first-order chi connectivity index (χ1) is 13.1. The van der Waals surface area contributed by atoms with Crippen molar-refractivity contribution < 1.29 is 14.3 Å². The molecule has 0 spiro atoms. The van der Waals surface area contributed by atoms with Crippen molar-refractivity contribution in [1.82, 2.24) is 4.90 Å². The van der Waals surface area contributed by atoms with Crippen LogP contribution >= 0.6 is 23.4 Å². The van der Waals surface area contributed by atoms with Gasteiger partial charge >= 0.3 is 0 Å². The van der Waals surface area contributed by atoms with Crippen LogP contribution < -0.4 is 4.90 Å². The number of nitrogens with zero attached hydrogens (tertiary/aromatic N) is 2. The number of benzene rings is 2. The number of carbonyl (C=O) groups excluding carboxylic acids is 2. The van der Waals surface area contributed by atoms with Gasteiger partial charge in [-0.3, -0.25) is 9.59 Å². The lowest BCUT2D eigenvalue weighted by Gasteiger charge is -2.35. The lowest BCUT2D eigenvalue weighted by Crippen LogP contribution is -2.49. The van der Waals surface area contributed by atoms with Gasteiger partial charge in [0, 0.05) is 16.5 Å². The molecule has 1 fully saturated rings. The van der Waals surface area contributed by atoms with Crippen LogP contribution in [0, 0.1) is 0 Å². The second-order valence-corrected chi connectivity index (χ2v) is 7.94. The zero-order valence-electron chi connectivity index (χ0n) is 14.6. The van der Waals surface area contributed by atoms with Crippen LogP contribution in [-0.4, -0.2) is 48.7 Å². The van der Waals surface area contributed by atoms with Gasteiger partial charge in [0.2, 0.25) is 11.8 Å². The zero-order valence-corrected chi connectivity index (χ0v) is 16.2. The van der Waals surface area contributed by atoms with E-state index >= 15 is 0 Å². The molecule has 2 aliphatic rings. The number of para-hydroxylation sites is 1. The SMILES string of the molecule is O=C(CN1C(=O)CSc2ccccc21)N1CCOC(c2ccc(Cl)cc2)C1. The number of rotatable bonds is 3. The van der Waals surface area contributed by atoms with Crippen molar-refractivity contribution in [1.29, 1.82) is 0 Å². The first-order valence-electron chi connectivity index (χ1n) is 8.79. The first kappa shape index (κ1) is 18.3. The van der Waals surface area contributed by atoms with Crippen LogP contribution in [0.15, 0.2) is 53.4 Å². The molecule has 0 radical (unpaired) electrons. The van der Waals surface area contributed by atoms with Crippen molar-refractivity contribution in [3.05, 3.63) is 59.1 Å². The second kappa shape index (κ2) is 7.92. The minimum Gasteiger partial charge on any atom is -0.370 e. The maximum absolute atomic E-state index is 12.9. The van der Waals surface area contributed by atoms with Gasteiger partial charge in [-0.25, -0.2) is 0 Å². The lowest BCUT2D eigenvalue weighted by atomic mass is 10.1. The fraction of sp³-hybridized carbons (Fsp3) is 0.300. The number of hydrogen-bond donors (Lipinski definition) is 0. The Balaban J connectivity index is 1.46. The monoisotopic (exact) mass is 402 g/mol. The number of thioether (sulfide) groups is 1. The number of ether oxygens (including phenoxy) is 1. The lowest BCUT2D eigenvalue weighted by molar-refractivity contribution is -0.138. The third-order valence-corrected chi connectivity index (χ3v) is 6.06. The molecule has 0 bridgehead atoms. The topological polar surface area (TPSA) is 49.9 Å². The van der Waals surface area contributed by atoms with E-state index in [4.69, 9.17) is 16.3 Å². The molecule has 140 valence electrons. The van der Waals surface area contributed by atoms with Gasteiger partial charge in [0.25, 0.3) is 0 Å². The number of carbonyl (C=O) groups is 2. The molecule has 2 amide bonds. The molecule has 2 heterocycles. The maximum Gasteiger partial charge on any atom is 0.242 e. The fourth-order valence-corrected chi connectivity index (χ4v) is 4.38. The fourth-order valence-electron chi connectivity index (χ4n) is 3.32. The van der Waals surface area contributed by atoms with E-state index in [0.717, 1.165) is 16.1 Å². The number of fused-ring (bicyclic) bond motifs is 1. The van der Waals surface area contributed by atoms with Crippen LogP contribution in [0.3, 0.4) is 0 Å². The van der Waals surface area contributed by atoms with Gasteiger partial charge in [-0.05, 0) is 29.8 Å². The van der Waals surface area contributed by atoms with E-state index in [1.165, 1.54) is 11.8 Å². The molecule has 1 unspecified atom stereocenters. The average molecular weight is 403 g/mol. The highest BCUT2D eigenvalue weighted by molar-refractivity contribution is 8.00. The van der Waals surface area contributed by atoms with Gasteiger partial charge in [0.05, 0.1) is 24.6 Å². The Morgan fingerprint density at radius 2 is 1.96 bits per heavy atom. The number of hydrogen-bond acceptors (Lipinski definition) is 4. The number of morpholine rings is 1. The van der Waals surface area contributed by atoms with Crippen molar-refractivity contribution in [3.63, 3.8) is 0 Å². The highest BCUT2D eigenvalue weighted by Crippen LogP contribution is 2.35. The smallest absolute Gasteiger partial charge is 0.242 e. The van der Waals surface area contributed by atoms with Crippen molar-refractivity contribution in [2.75, 3.05) is 36.9 Å². The summed E-state index contributed by atoms with van der Waals surface area (Å²) in [6.45, 7) is 1.53. The Hall–Kier alpha value is -2.02. The summed E-state index contributed by atoms with van der Waals surface area (Å²) in [5, 5.41) is 0.669. The summed E-state index contributed by atoms with van der Waals surface area (Å²) in [7, 11) is 0.